The number of carboxylic acid groups (broad SMARTS) is 1. The number of carboxylic acids is 1. The van der Waals surface area contributed by atoms with Crippen molar-refractivity contribution >= 4 is 11.8 Å². The topological polar surface area (TPSA) is 54.4 Å². The van der Waals surface area contributed by atoms with Crippen molar-refractivity contribution in [2.75, 3.05) is 0 Å². The van der Waals surface area contributed by atoms with Gasteiger partial charge in [-0.05, 0) is 12.0 Å². The number of hydrogen-bond acceptors (Lipinski definition) is 2. The third-order valence-electron chi connectivity index (χ3n) is 3.32. The van der Waals surface area contributed by atoms with Crippen molar-refractivity contribution < 1.29 is 14.7 Å². The Bertz CT molecular complexity index is 600. The van der Waals surface area contributed by atoms with E-state index in [-0.39, 0.29) is 5.78 Å². The lowest BCUT2D eigenvalue weighted by molar-refractivity contribution is -0.138. The van der Waals surface area contributed by atoms with Crippen LogP contribution in [0.15, 0.2) is 54.6 Å². The molecule has 0 aliphatic heterocycles. The van der Waals surface area contributed by atoms with Crippen LogP contribution in [0.5, 0.6) is 0 Å². The lowest BCUT2D eigenvalue weighted by Crippen LogP contribution is -2.10. The molecule has 20 heavy (non-hydrogen) atoms. The fraction of sp³-hybridized carbons (Fsp3) is 0.176. The molecule has 0 heterocycles. The van der Waals surface area contributed by atoms with Gasteiger partial charge in [-0.3, -0.25) is 9.59 Å². The number of ketones is 1. The monoisotopic (exact) mass is 268 g/mol. The third-order valence-corrected chi connectivity index (χ3v) is 3.32. The number of hydrogen-bond donors (Lipinski definition) is 1. The zero-order valence-electron chi connectivity index (χ0n) is 11.2. The number of carbonyl (C=O) groups excluding carboxylic acids is 1. The van der Waals surface area contributed by atoms with Gasteiger partial charge >= 0.3 is 5.97 Å². The van der Waals surface area contributed by atoms with E-state index in [0.717, 1.165) is 5.56 Å². The molecule has 0 saturated heterocycles. The van der Waals surface area contributed by atoms with E-state index in [1.807, 2.05) is 25.1 Å². The minimum absolute atomic E-state index is 0.0551. The Hall–Kier alpha value is -2.42. The summed E-state index contributed by atoms with van der Waals surface area (Å²) in [5.74, 6) is -1.41. The van der Waals surface area contributed by atoms with Crippen LogP contribution in [0.25, 0.3) is 0 Å². The van der Waals surface area contributed by atoms with Gasteiger partial charge in [0.2, 0.25) is 0 Å². The number of aliphatic carboxylic acids is 1. The van der Waals surface area contributed by atoms with Gasteiger partial charge in [-0.15, -0.1) is 0 Å². The summed E-state index contributed by atoms with van der Waals surface area (Å²) in [6, 6.07) is 15.9. The van der Waals surface area contributed by atoms with Crippen LogP contribution in [0.2, 0.25) is 0 Å². The van der Waals surface area contributed by atoms with E-state index in [1.165, 1.54) is 0 Å². The summed E-state index contributed by atoms with van der Waals surface area (Å²) in [6.07, 6.45) is 0.529. The van der Waals surface area contributed by atoms with Crippen molar-refractivity contribution in [3.8, 4) is 0 Å². The van der Waals surface area contributed by atoms with Crippen molar-refractivity contribution in [3.63, 3.8) is 0 Å². The average Bonchev–Trinajstić information content (AvgIpc) is 2.48. The molecule has 0 aromatic heterocycles. The van der Waals surface area contributed by atoms with Crippen LogP contribution in [-0.2, 0) is 4.79 Å². The Balaban J connectivity index is 2.24. The normalized spacial score (nSPS) is 11.8. The highest BCUT2D eigenvalue weighted by molar-refractivity contribution is 6.08. The van der Waals surface area contributed by atoms with Gasteiger partial charge in [0.1, 0.15) is 0 Å². The molecule has 2 rings (SSSR count). The van der Waals surface area contributed by atoms with Gasteiger partial charge in [0, 0.05) is 11.1 Å². The largest absolute Gasteiger partial charge is 0.481 e. The second-order valence-corrected chi connectivity index (χ2v) is 4.62. The van der Waals surface area contributed by atoms with Crippen LogP contribution >= 0.6 is 0 Å². The van der Waals surface area contributed by atoms with Gasteiger partial charge < -0.3 is 5.11 Å². The third kappa shape index (κ3) is 2.94. The smallest absolute Gasteiger partial charge is 0.310 e. The van der Waals surface area contributed by atoms with Gasteiger partial charge in [0.05, 0.1) is 5.92 Å². The Morgan fingerprint density at radius 2 is 1.50 bits per heavy atom. The molecule has 1 atom stereocenters. The Kier molecular flexibility index (Phi) is 4.31. The zero-order valence-corrected chi connectivity index (χ0v) is 11.2. The number of rotatable bonds is 5. The van der Waals surface area contributed by atoms with Crippen LogP contribution in [0.1, 0.15) is 40.7 Å². The predicted octanol–water partition coefficient (Wildman–Crippen LogP) is 3.50. The van der Waals surface area contributed by atoms with E-state index in [1.54, 1.807) is 36.4 Å². The van der Waals surface area contributed by atoms with E-state index in [4.69, 9.17) is 5.11 Å². The molecule has 0 amide bonds. The van der Waals surface area contributed by atoms with Gasteiger partial charge in [-0.25, -0.2) is 0 Å². The lowest BCUT2D eigenvalue weighted by Gasteiger charge is -2.10. The first kappa shape index (κ1) is 14.0. The lowest BCUT2D eigenvalue weighted by atomic mass is 9.94. The molecule has 0 radical (unpaired) electrons. The van der Waals surface area contributed by atoms with Gasteiger partial charge in [-0.1, -0.05) is 61.5 Å². The van der Waals surface area contributed by atoms with Crippen molar-refractivity contribution in [3.05, 3.63) is 71.3 Å². The predicted molar refractivity (Wildman–Crippen MR) is 77.0 cm³/mol. The quantitative estimate of drug-likeness (QED) is 0.844. The molecule has 0 saturated carbocycles. The highest BCUT2D eigenvalue weighted by atomic mass is 16.4. The maximum Gasteiger partial charge on any atom is 0.310 e. The summed E-state index contributed by atoms with van der Waals surface area (Å²) < 4.78 is 0. The van der Waals surface area contributed by atoms with Gasteiger partial charge in [0.25, 0.3) is 0 Å². The van der Waals surface area contributed by atoms with E-state index in [9.17, 15) is 9.59 Å². The Morgan fingerprint density at radius 1 is 0.950 bits per heavy atom. The Labute approximate surface area is 117 Å². The molecule has 3 heteroatoms. The molecular weight excluding hydrogens is 252 g/mol. The fourth-order valence-electron chi connectivity index (χ4n) is 2.18. The standard InChI is InChI=1S/C17H16O3/c1-2-15(17(19)20)12-8-10-14(11-9-12)16(18)13-6-4-3-5-7-13/h3-11,15H,2H2,1H3,(H,19,20)/t15-/m0/s1. The van der Waals surface area contributed by atoms with E-state index < -0.39 is 11.9 Å². The van der Waals surface area contributed by atoms with Crippen LogP contribution < -0.4 is 0 Å². The summed E-state index contributed by atoms with van der Waals surface area (Å²) in [7, 11) is 0. The summed E-state index contributed by atoms with van der Waals surface area (Å²) in [4.78, 5) is 23.3. The Morgan fingerprint density at radius 3 is 2.00 bits per heavy atom. The molecule has 102 valence electrons. The molecule has 0 unspecified atom stereocenters. The van der Waals surface area contributed by atoms with Crippen LogP contribution in [-0.4, -0.2) is 16.9 Å². The second-order valence-electron chi connectivity index (χ2n) is 4.62. The first-order valence-corrected chi connectivity index (χ1v) is 6.56. The first-order chi connectivity index (χ1) is 9.63. The molecular formula is C17H16O3. The van der Waals surface area contributed by atoms with Gasteiger partial charge in [-0.2, -0.15) is 0 Å². The minimum Gasteiger partial charge on any atom is -0.481 e. The summed E-state index contributed by atoms with van der Waals surface area (Å²) in [5, 5.41) is 9.12. The highest BCUT2D eigenvalue weighted by Crippen LogP contribution is 2.21. The van der Waals surface area contributed by atoms with Crippen molar-refractivity contribution in [2.24, 2.45) is 0 Å². The number of carbonyl (C=O) groups is 2. The summed E-state index contributed by atoms with van der Waals surface area (Å²) in [6.45, 7) is 1.84. The molecule has 3 nitrogen and oxygen atoms in total. The SMILES string of the molecule is CC[C@H](C(=O)O)c1ccc(C(=O)c2ccccc2)cc1. The van der Waals surface area contributed by atoms with E-state index in [0.29, 0.717) is 17.5 Å². The first-order valence-electron chi connectivity index (χ1n) is 6.56. The minimum atomic E-state index is -0.838. The molecule has 1 N–H and O–H groups in total. The second kappa shape index (κ2) is 6.15. The summed E-state index contributed by atoms with van der Waals surface area (Å²) >= 11 is 0. The molecule has 0 aliphatic carbocycles. The van der Waals surface area contributed by atoms with Crippen molar-refractivity contribution in [1.82, 2.24) is 0 Å². The van der Waals surface area contributed by atoms with Crippen molar-refractivity contribution in [2.45, 2.75) is 19.3 Å². The van der Waals surface area contributed by atoms with E-state index in [2.05, 4.69) is 0 Å². The van der Waals surface area contributed by atoms with Crippen LogP contribution in [0.3, 0.4) is 0 Å². The van der Waals surface area contributed by atoms with Gasteiger partial charge in [0.15, 0.2) is 5.78 Å². The van der Waals surface area contributed by atoms with E-state index >= 15 is 0 Å². The maximum atomic E-state index is 12.2. The number of benzene rings is 2. The molecule has 0 spiro atoms. The zero-order chi connectivity index (χ0) is 14.5. The fourth-order valence-corrected chi connectivity index (χ4v) is 2.18. The maximum absolute atomic E-state index is 12.2. The molecule has 0 fully saturated rings. The van der Waals surface area contributed by atoms with Crippen molar-refractivity contribution in [1.29, 1.82) is 0 Å². The average molecular weight is 268 g/mol. The molecule has 0 bridgehead atoms. The molecule has 2 aromatic rings. The van der Waals surface area contributed by atoms with Crippen LogP contribution in [0.4, 0.5) is 0 Å². The highest BCUT2D eigenvalue weighted by Gasteiger charge is 2.18. The molecule has 0 aliphatic rings. The molecule has 2 aromatic carbocycles. The summed E-state index contributed by atoms with van der Waals surface area (Å²) in [5.41, 5.74) is 1.93. The van der Waals surface area contributed by atoms with Crippen LogP contribution in [0, 0.1) is 0 Å².